The van der Waals surface area contributed by atoms with Crippen LogP contribution < -0.4 is 13.8 Å². The minimum atomic E-state index is -3.87. The molecule has 2 aromatic heterocycles. The van der Waals surface area contributed by atoms with Gasteiger partial charge in [0, 0.05) is 0 Å². The Morgan fingerprint density at radius 3 is 2.45 bits per heavy atom. The van der Waals surface area contributed by atoms with E-state index in [1.165, 1.54) is 4.31 Å². The number of hydrogen-bond donors (Lipinski definition) is 0. The maximum atomic E-state index is 13.6. The SMILES string of the molecule is CCOc1ccccc1N(Cc1nc(-c2ccccc2OC)oc1C)S(=O)(=O)c1cccs1. The molecule has 0 fully saturated rings. The van der Waals surface area contributed by atoms with Crippen molar-refractivity contribution in [3.05, 3.63) is 77.5 Å². The van der Waals surface area contributed by atoms with Crippen molar-refractivity contribution in [3.63, 3.8) is 0 Å². The maximum absolute atomic E-state index is 13.6. The second-order valence-electron chi connectivity index (χ2n) is 7.07. The Morgan fingerprint density at radius 2 is 1.76 bits per heavy atom. The molecule has 33 heavy (non-hydrogen) atoms. The molecule has 0 aliphatic carbocycles. The fourth-order valence-corrected chi connectivity index (χ4v) is 5.95. The van der Waals surface area contributed by atoms with Crippen LogP contribution in [0.2, 0.25) is 0 Å². The Labute approximate surface area is 197 Å². The minimum Gasteiger partial charge on any atom is -0.496 e. The van der Waals surface area contributed by atoms with Gasteiger partial charge in [-0.2, -0.15) is 0 Å². The van der Waals surface area contributed by atoms with Crippen LogP contribution >= 0.6 is 11.3 Å². The van der Waals surface area contributed by atoms with Gasteiger partial charge in [-0.1, -0.05) is 30.3 Å². The van der Waals surface area contributed by atoms with Crippen LogP contribution in [0, 0.1) is 6.92 Å². The smallest absolute Gasteiger partial charge is 0.274 e. The minimum absolute atomic E-state index is 0.0190. The van der Waals surface area contributed by atoms with Gasteiger partial charge in [0.2, 0.25) is 5.89 Å². The summed E-state index contributed by atoms with van der Waals surface area (Å²) in [5.74, 6) is 1.99. The number of ether oxygens (including phenoxy) is 2. The molecule has 0 aliphatic heterocycles. The van der Waals surface area contributed by atoms with Crippen molar-refractivity contribution in [1.82, 2.24) is 4.98 Å². The molecule has 4 aromatic rings. The molecular weight excluding hydrogens is 460 g/mol. The number of para-hydroxylation sites is 3. The average molecular weight is 485 g/mol. The van der Waals surface area contributed by atoms with Gasteiger partial charge in [-0.25, -0.2) is 13.4 Å². The zero-order valence-corrected chi connectivity index (χ0v) is 20.2. The lowest BCUT2D eigenvalue weighted by atomic mass is 10.2. The highest BCUT2D eigenvalue weighted by Gasteiger charge is 2.30. The van der Waals surface area contributed by atoms with Gasteiger partial charge in [0.25, 0.3) is 10.0 Å². The van der Waals surface area contributed by atoms with Crippen LogP contribution in [0.1, 0.15) is 18.4 Å². The molecule has 172 valence electrons. The number of thiophene rings is 1. The summed E-state index contributed by atoms with van der Waals surface area (Å²) in [4.78, 5) is 4.63. The van der Waals surface area contributed by atoms with Crippen molar-refractivity contribution in [2.45, 2.75) is 24.6 Å². The molecule has 0 amide bonds. The Kier molecular flexibility index (Phi) is 6.71. The van der Waals surface area contributed by atoms with Gasteiger partial charge >= 0.3 is 0 Å². The monoisotopic (exact) mass is 484 g/mol. The lowest BCUT2D eigenvalue weighted by Gasteiger charge is -2.25. The molecule has 0 N–H and O–H groups in total. The summed E-state index contributed by atoms with van der Waals surface area (Å²) < 4.78 is 45.9. The van der Waals surface area contributed by atoms with E-state index in [0.717, 1.165) is 11.3 Å². The molecule has 0 aliphatic rings. The molecule has 9 heteroatoms. The Morgan fingerprint density at radius 1 is 1.03 bits per heavy atom. The number of aryl methyl sites for hydroxylation is 1. The molecule has 0 saturated heterocycles. The first-order valence-corrected chi connectivity index (χ1v) is 12.7. The zero-order chi connectivity index (χ0) is 23.4. The van der Waals surface area contributed by atoms with Crippen LogP contribution in [0.15, 0.2) is 74.7 Å². The molecule has 4 rings (SSSR count). The molecule has 0 spiro atoms. The van der Waals surface area contributed by atoms with Crippen LogP contribution in [0.4, 0.5) is 5.69 Å². The van der Waals surface area contributed by atoms with Crippen molar-refractivity contribution < 1.29 is 22.3 Å². The third kappa shape index (κ3) is 4.60. The molecule has 2 heterocycles. The molecular formula is C24H24N2O5S2. The molecule has 7 nitrogen and oxygen atoms in total. The van der Waals surface area contributed by atoms with Crippen molar-refractivity contribution in [1.29, 1.82) is 0 Å². The first-order chi connectivity index (χ1) is 16.0. The van der Waals surface area contributed by atoms with E-state index in [0.29, 0.717) is 46.7 Å². The number of oxazole rings is 1. The number of methoxy groups -OCH3 is 1. The van der Waals surface area contributed by atoms with Gasteiger partial charge < -0.3 is 13.9 Å². The molecule has 0 unspecified atom stereocenters. The topological polar surface area (TPSA) is 81.9 Å². The van der Waals surface area contributed by atoms with E-state index >= 15 is 0 Å². The first kappa shape index (κ1) is 22.9. The van der Waals surface area contributed by atoms with E-state index in [1.54, 1.807) is 49.7 Å². The van der Waals surface area contributed by atoms with E-state index in [2.05, 4.69) is 4.98 Å². The third-order valence-corrected chi connectivity index (χ3v) is 8.13. The fraction of sp³-hybridized carbons (Fsp3) is 0.208. The normalized spacial score (nSPS) is 11.4. The summed E-state index contributed by atoms with van der Waals surface area (Å²) >= 11 is 1.16. The maximum Gasteiger partial charge on any atom is 0.274 e. The predicted molar refractivity (Wildman–Crippen MR) is 129 cm³/mol. The predicted octanol–water partition coefficient (Wildman–Crippen LogP) is 5.51. The molecule has 2 aromatic carbocycles. The van der Waals surface area contributed by atoms with Crippen molar-refractivity contribution >= 4 is 27.0 Å². The standard InChI is InChI=1S/C24H24N2O5S2/c1-4-30-22-13-8-6-11-20(22)26(33(27,28)23-14-9-15-32-23)16-19-17(2)31-24(25-19)18-10-5-7-12-21(18)29-3/h5-15H,4,16H2,1-3H3. The molecule has 0 bridgehead atoms. The summed E-state index contributed by atoms with van der Waals surface area (Å²) in [5, 5.41) is 1.74. The lowest BCUT2D eigenvalue weighted by molar-refractivity contribution is 0.341. The summed E-state index contributed by atoms with van der Waals surface area (Å²) in [6, 6.07) is 17.8. The number of rotatable bonds is 9. The van der Waals surface area contributed by atoms with Crippen LogP contribution in [-0.4, -0.2) is 27.1 Å². The van der Waals surface area contributed by atoms with Crippen LogP contribution in [0.5, 0.6) is 11.5 Å². The number of nitrogens with zero attached hydrogens (tertiary/aromatic N) is 2. The number of sulfonamides is 1. The van der Waals surface area contributed by atoms with Crippen molar-refractivity contribution in [3.8, 4) is 23.0 Å². The van der Waals surface area contributed by atoms with E-state index in [-0.39, 0.29) is 10.8 Å². The Hall–Kier alpha value is -3.30. The van der Waals surface area contributed by atoms with Gasteiger partial charge in [0.15, 0.2) is 0 Å². The van der Waals surface area contributed by atoms with E-state index < -0.39 is 10.0 Å². The highest BCUT2D eigenvalue weighted by molar-refractivity contribution is 7.94. The number of hydrogen-bond acceptors (Lipinski definition) is 7. The Balaban J connectivity index is 1.80. The summed E-state index contributed by atoms with van der Waals surface area (Å²) in [6.07, 6.45) is 0. The number of aromatic nitrogens is 1. The fourth-order valence-electron chi connectivity index (χ4n) is 3.41. The highest BCUT2D eigenvalue weighted by atomic mass is 32.2. The van der Waals surface area contributed by atoms with Crippen LogP contribution in [0.25, 0.3) is 11.5 Å². The second-order valence-corrected chi connectivity index (χ2v) is 10.1. The number of benzene rings is 2. The average Bonchev–Trinajstić information content (AvgIpc) is 3.49. The third-order valence-electron chi connectivity index (χ3n) is 5.00. The summed E-state index contributed by atoms with van der Waals surface area (Å²) in [5.41, 5.74) is 1.63. The van der Waals surface area contributed by atoms with Gasteiger partial charge in [0.1, 0.15) is 27.2 Å². The van der Waals surface area contributed by atoms with E-state index in [1.807, 2.05) is 37.3 Å². The van der Waals surface area contributed by atoms with Gasteiger partial charge in [0.05, 0.1) is 31.5 Å². The highest BCUT2D eigenvalue weighted by Crippen LogP contribution is 2.36. The van der Waals surface area contributed by atoms with E-state index in [4.69, 9.17) is 13.9 Å². The second kappa shape index (κ2) is 9.68. The first-order valence-electron chi connectivity index (χ1n) is 10.3. The molecule has 0 saturated carbocycles. The lowest BCUT2D eigenvalue weighted by Crippen LogP contribution is -2.31. The van der Waals surface area contributed by atoms with Gasteiger partial charge in [-0.05, 0) is 49.6 Å². The van der Waals surface area contributed by atoms with Crippen LogP contribution in [-0.2, 0) is 16.6 Å². The molecule has 0 atom stereocenters. The van der Waals surface area contributed by atoms with Crippen molar-refractivity contribution in [2.75, 3.05) is 18.0 Å². The van der Waals surface area contributed by atoms with E-state index in [9.17, 15) is 8.42 Å². The van der Waals surface area contributed by atoms with Crippen LogP contribution in [0.3, 0.4) is 0 Å². The molecule has 0 radical (unpaired) electrons. The largest absolute Gasteiger partial charge is 0.496 e. The summed E-state index contributed by atoms with van der Waals surface area (Å²) in [6.45, 7) is 4.02. The Bertz CT molecular complexity index is 1330. The summed E-state index contributed by atoms with van der Waals surface area (Å²) in [7, 11) is -2.29. The van der Waals surface area contributed by atoms with Crippen molar-refractivity contribution in [2.24, 2.45) is 0 Å². The number of anilines is 1. The van der Waals surface area contributed by atoms with Gasteiger partial charge in [-0.3, -0.25) is 4.31 Å². The van der Waals surface area contributed by atoms with Gasteiger partial charge in [-0.15, -0.1) is 11.3 Å². The zero-order valence-electron chi connectivity index (χ0n) is 18.5. The quantitative estimate of drug-likeness (QED) is 0.311.